The summed E-state index contributed by atoms with van der Waals surface area (Å²) in [5, 5.41) is 0. The molecule has 0 spiro atoms. The number of benzene rings is 2. The molecular formula is C20H22O. The first-order valence-corrected chi connectivity index (χ1v) is 7.28. The first-order valence-electron chi connectivity index (χ1n) is 7.28. The van der Waals surface area contributed by atoms with Crippen molar-refractivity contribution in [2.45, 2.75) is 27.7 Å². The second kappa shape index (κ2) is 6.94. The zero-order chi connectivity index (χ0) is 15.2. The van der Waals surface area contributed by atoms with Crippen LogP contribution in [-0.4, -0.2) is 0 Å². The molecule has 0 saturated heterocycles. The van der Waals surface area contributed by atoms with Crippen LogP contribution in [0.5, 0.6) is 11.5 Å². The summed E-state index contributed by atoms with van der Waals surface area (Å²) in [4.78, 5) is 0. The molecule has 0 unspecified atom stereocenters. The van der Waals surface area contributed by atoms with Gasteiger partial charge >= 0.3 is 0 Å². The van der Waals surface area contributed by atoms with Crippen LogP contribution < -0.4 is 4.74 Å². The number of hydrogen-bond acceptors (Lipinski definition) is 1. The van der Waals surface area contributed by atoms with E-state index in [1.165, 1.54) is 11.1 Å². The molecule has 0 radical (unpaired) electrons. The Labute approximate surface area is 127 Å². The van der Waals surface area contributed by atoms with E-state index in [1.54, 1.807) is 0 Å². The molecule has 2 aromatic carbocycles. The molecule has 0 N–H and O–H groups in total. The Morgan fingerprint density at radius 1 is 0.714 bits per heavy atom. The monoisotopic (exact) mass is 278 g/mol. The molecule has 21 heavy (non-hydrogen) atoms. The van der Waals surface area contributed by atoms with E-state index in [-0.39, 0.29) is 0 Å². The fourth-order valence-corrected chi connectivity index (χ4v) is 2.28. The summed E-state index contributed by atoms with van der Waals surface area (Å²) in [6.07, 6.45) is 8.26. The molecule has 0 atom stereocenters. The van der Waals surface area contributed by atoms with Gasteiger partial charge in [0.05, 0.1) is 0 Å². The highest BCUT2D eigenvalue weighted by molar-refractivity contribution is 5.55. The molecule has 2 rings (SSSR count). The first-order chi connectivity index (χ1) is 10.1. The highest BCUT2D eigenvalue weighted by Gasteiger charge is 2.05. The van der Waals surface area contributed by atoms with Crippen molar-refractivity contribution in [1.29, 1.82) is 0 Å². The van der Waals surface area contributed by atoms with Gasteiger partial charge in [-0.05, 0) is 74.2 Å². The van der Waals surface area contributed by atoms with Crippen molar-refractivity contribution in [3.05, 3.63) is 70.8 Å². The molecule has 0 saturated carbocycles. The molecule has 0 aliphatic carbocycles. The number of hydrogen-bond donors (Lipinski definition) is 0. The minimum atomic E-state index is 0.908. The summed E-state index contributed by atoms with van der Waals surface area (Å²) in [7, 11) is 0. The number of rotatable bonds is 4. The van der Waals surface area contributed by atoms with Gasteiger partial charge in [-0.1, -0.05) is 36.4 Å². The molecule has 2 aromatic rings. The second-order valence-corrected chi connectivity index (χ2v) is 5.15. The molecule has 0 bridgehead atoms. The van der Waals surface area contributed by atoms with Crippen molar-refractivity contribution in [3.63, 3.8) is 0 Å². The van der Waals surface area contributed by atoms with Gasteiger partial charge in [0.2, 0.25) is 0 Å². The number of allylic oxidation sites excluding steroid dienone is 2. The number of aryl methyl sites for hydroxylation is 2. The highest BCUT2D eigenvalue weighted by atomic mass is 16.5. The Bertz CT molecular complexity index is 619. The van der Waals surface area contributed by atoms with Gasteiger partial charge in [-0.3, -0.25) is 0 Å². The van der Waals surface area contributed by atoms with Crippen molar-refractivity contribution >= 4 is 12.2 Å². The van der Waals surface area contributed by atoms with Crippen LogP contribution in [0.2, 0.25) is 0 Å². The van der Waals surface area contributed by atoms with Crippen LogP contribution in [0.4, 0.5) is 0 Å². The Morgan fingerprint density at radius 3 is 1.48 bits per heavy atom. The Kier molecular flexibility index (Phi) is 4.99. The van der Waals surface area contributed by atoms with Gasteiger partial charge in [-0.25, -0.2) is 0 Å². The van der Waals surface area contributed by atoms with Crippen molar-refractivity contribution < 1.29 is 4.74 Å². The highest BCUT2D eigenvalue weighted by Crippen LogP contribution is 2.29. The van der Waals surface area contributed by atoms with Gasteiger partial charge in [-0.2, -0.15) is 0 Å². The minimum absolute atomic E-state index is 0.908. The van der Waals surface area contributed by atoms with Gasteiger partial charge < -0.3 is 4.74 Å². The van der Waals surface area contributed by atoms with Crippen LogP contribution in [0.1, 0.15) is 36.1 Å². The lowest BCUT2D eigenvalue weighted by Crippen LogP contribution is -1.91. The normalized spacial score (nSPS) is 11.4. The van der Waals surface area contributed by atoms with Crippen molar-refractivity contribution in [2.75, 3.05) is 0 Å². The summed E-state index contributed by atoms with van der Waals surface area (Å²) in [6, 6.07) is 12.5. The molecule has 0 aliphatic rings. The van der Waals surface area contributed by atoms with Crippen LogP contribution in [0.3, 0.4) is 0 Å². The lowest BCUT2D eigenvalue weighted by atomic mass is 10.1. The molecule has 0 aromatic heterocycles. The third-order valence-corrected chi connectivity index (χ3v) is 3.34. The third-order valence-electron chi connectivity index (χ3n) is 3.34. The van der Waals surface area contributed by atoms with Crippen LogP contribution in [0.15, 0.2) is 48.6 Å². The molecule has 1 nitrogen and oxygen atoms in total. The fraction of sp³-hybridized carbons (Fsp3) is 0.200. The lowest BCUT2D eigenvalue weighted by Gasteiger charge is -2.12. The van der Waals surface area contributed by atoms with E-state index in [0.29, 0.717) is 0 Å². The molecule has 108 valence electrons. The second-order valence-electron chi connectivity index (χ2n) is 5.15. The Hall–Kier alpha value is -2.28. The van der Waals surface area contributed by atoms with E-state index in [2.05, 4.69) is 50.3 Å². The SMILES string of the molecule is CC=Cc1ccc(Oc2ccc(C=CC)cc2C)c(C)c1. The first kappa shape index (κ1) is 15.1. The predicted octanol–water partition coefficient (Wildman–Crippen LogP) is 6.16. The van der Waals surface area contributed by atoms with E-state index in [0.717, 1.165) is 22.6 Å². The van der Waals surface area contributed by atoms with Gasteiger partial charge in [0, 0.05) is 0 Å². The molecule has 0 aliphatic heterocycles. The van der Waals surface area contributed by atoms with Gasteiger partial charge in [-0.15, -0.1) is 0 Å². The average molecular weight is 278 g/mol. The van der Waals surface area contributed by atoms with E-state index in [4.69, 9.17) is 4.74 Å². The van der Waals surface area contributed by atoms with E-state index >= 15 is 0 Å². The Morgan fingerprint density at radius 2 is 1.14 bits per heavy atom. The summed E-state index contributed by atoms with van der Waals surface area (Å²) in [6.45, 7) is 8.20. The molecule has 0 amide bonds. The molecule has 1 heteroatoms. The largest absolute Gasteiger partial charge is 0.457 e. The predicted molar refractivity (Wildman–Crippen MR) is 91.8 cm³/mol. The Balaban J connectivity index is 2.26. The molecular weight excluding hydrogens is 256 g/mol. The maximum atomic E-state index is 6.06. The van der Waals surface area contributed by atoms with Gasteiger partial charge in [0.25, 0.3) is 0 Å². The maximum Gasteiger partial charge on any atom is 0.130 e. The van der Waals surface area contributed by atoms with Crippen LogP contribution in [0.25, 0.3) is 12.2 Å². The summed E-state index contributed by atoms with van der Waals surface area (Å²) in [5.74, 6) is 1.82. The molecule has 0 heterocycles. The average Bonchev–Trinajstić information content (AvgIpc) is 2.45. The quantitative estimate of drug-likeness (QED) is 0.650. The van der Waals surface area contributed by atoms with E-state index in [1.807, 2.05) is 38.1 Å². The summed E-state index contributed by atoms with van der Waals surface area (Å²) in [5.41, 5.74) is 4.68. The topological polar surface area (TPSA) is 9.23 Å². The van der Waals surface area contributed by atoms with Crippen LogP contribution in [0, 0.1) is 13.8 Å². The van der Waals surface area contributed by atoms with Gasteiger partial charge in [0.15, 0.2) is 0 Å². The van der Waals surface area contributed by atoms with Gasteiger partial charge in [0.1, 0.15) is 11.5 Å². The van der Waals surface area contributed by atoms with Crippen LogP contribution in [-0.2, 0) is 0 Å². The zero-order valence-electron chi connectivity index (χ0n) is 13.2. The summed E-state index contributed by atoms with van der Waals surface area (Å²) >= 11 is 0. The van der Waals surface area contributed by atoms with Crippen molar-refractivity contribution in [1.82, 2.24) is 0 Å². The fourth-order valence-electron chi connectivity index (χ4n) is 2.28. The summed E-state index contributed by atoms with van der Waals surface area (Å²) < 4.78 is 6.06. The van der Waals surface area contributed by atoms with Crippen LogP contribution >= 0.6 is 0 Å². The number of ether oxygens (including phenoxy) is 1. The minimum Gasteiger partial charge on any atom is -0.457 e. The smallest absolute Gasteiger partial charge is 0.130 e. The zero-order valence-corrected chi connectivity index (χ0v) is 13.2. The maximum absolute atomic E-state index is 6.06. The van der Waals surface area contributed by atoms with Crippen molar-refractivity contribution in [3.8, 4) is 11.5 Å². The lowest BCUT2D eigenvalue weighted by molar-refractivity contribution is 0.475. The molecule has 0 fully saturated rings. The van der Waals surface area contributed by atoms with E-state index in [9.17, 15) is 0 Å². The standard InChI is InChI=1S/C20H22O/c1-5-7-17-9-11-19(15(3)13-17)21-20-12-10-18(8-6-2)14-16(20)4/h5-14H,1-4H3. The third kappa shape index (κ3) is 3.85. The van der Waals surface area contributed by atoms with E-state index < -0.39 is 0 Å². The van der Waals surface area contributed by atoms with Crippen molar-refractivity contribution in [2.24, 2.45) is 0 Å².